The molecule has 0 bridgehead atoms. The van der Waals surface area contributed by atoms with Gasteiger partial charge in [-0.3, -0.25) is 0 Å². The molecule has 0 heterocycles. The molecule has 2 aromatic rings. The number of ether oxygens (including phenoxy) is 1. The third-order valence-electron chi connectivity index (χ3n) is 2.68. The number of rotatable bonds is 4. The van der Waals surface area contributed by atoms with Crippen LogP contribution in [0.1, 0.15) is 17.2 Å². The van der Waals surface area contributed by atoms with Crippen molar-refractivity contribution in [1.82, 2.24) is 0 Å². The smallest absolute Gasteiger partial charge is 0.119 e. The molecule has 0 aliphatic carbocycles. The summed E-state index contributed by atoms with van der Waals surface area (Å²) in [5.74, 6) is 0.775. The van der Waals surface area contributed by atoms with Gasteiger partial charge in [0, 0.05) is 4.47 Å². The third-order valence-corrected chi connectivity index (χ3v) is 3.21. The van der Waals surface area contributed by atoms with Gasteiger partial charge in [0.05, 0.1) is 0 Å². The van der Waals surface area contributed by atoms with Gasteiger partial charge in [0.15, 0.2) is 0 Å². The Kier molecular flexibility index (Phi) is 4.39. The SMILES string of the molecule is Cc1ccc(OCC(O)c2ccc(Br)cc2)cc1. The lowest BCUT2D eigenvalue weighted by Crippen LogP contribution is -2.09. The van der Waals surface area contributed by atoms with Crippen LogP contribution in [0.25, 0.3) is 0 Å². The number of aliphatic hydroxyl groups is 1. The first kappa shape index (κ1) is 13.1. The molecule has 0 spiro atoms. The lowest BCUT2D eigenvalue weighted by atomic mass is 10.1. The van der Waals surface area contributed by atoms with Gasteiger partial charge in [-0.1, -0.05) is 45.8 Å². The zero-order valence-corrected chi connectivity index (χ0v) is 11.7. The Morgan fingerprint density at radius 3 is 2.28 bits per heavy atom. The highest BCUT2D eigenvalue weighted by atomic mass is 79.9. The van der Waals surface area contributed by atoms with Crippen LogP contribution < -0.4 is 4.74 Å². The second-order valence-electron chi connectivity index (χ2n) is 4.19. The van der Waals surface area contributed by atoms with E-state index in [1.165, 1.54) is 5.56 Å². The topological polar surface area (TPSA) is 29.5 Å². The molecule has 0 aromatic heterocycles. The van der Waals surface area contributed by atoms with E-state index in [0.717, 1.165) is 15.8 Å². The van der Waals surface area contributed by atoms with Crippen molar-refractivity contribution in [1.29, 1.82) is 0 Å². The van der Waals surface area contributed by atoms with Crippen LogP contribution in [0, 0.1) is 6.92 Å². The van der Waals surface area contributed by atoms with E-state index in [0.29, 0.717) is 0 Å². The molecule has 0 fully saturated rings. The molecule has 2 rings (SSSR count). The van der Waals surface area contributed by atoms with Gasteiger partial charge in [0.1, 0.15) is 18.5 Å². The summed E-state index contributed by atoms with van der Waals surface area (Å²) >= 11 is 3.36. The molecular weight excluding hydrogens is 292 g/mol. The summed E-state index contributed by atoms with van der Waals surface area (Å²) in [6.07, 6.45) is -0.612. The van der Waals surface area contributed by atoms with E-state index >= 15 is 0 Å². The Labute approximate surface area is 115 Å². The second-order valence-corrected chi connectivity index (χ2v) is 5.11. The van der Waals surface area contributed by atoms with Crippen LogP contribution in [0.4, 0.5) is 0 Å². The predicted octanol–water partition coefficient (Wildman–Crippen LogP) is 3.87. The summed E-state index contributed by atoms with van der Waals surface area (Å²) < 4.78 is 6.54. The summed E-state index contributed by atoms with van der Waals surface area (Å²) in [6.45, 7) is 2.28. The molecule has 0 aliphatic rings. The number of halogens is 1. The second kappa shape index (κ2) is 6.03. The molecule has 2 aromatic carbocycles. The minimum Gasteiger partial charge on any atom is -0.491 e. The van der Waals surface area contributed by atoms with Crippen molar-refractivity contribution in [3.05, 3.63) is 64.1 Å². The molecule has 1 N–H and O–H groups in total. The number of hydrogen-bond acceptors (Lipinski definition) is 2. The zero-order valence-electron chi connectivity index (χ0n) is 10.1. The molecule has 1 atom stereocenters. The first-order chi connectivity index (χ1) is 8.65. The highest BCUT2D eigenvalue weighted by Gasteiger charge is 2.08. The Morgan fingerprint density at radius 1 is 1.06 bits per heavy atom. The Morgan fingerprint density at radius 2 is 1.67 bits per heavy atom. The molecule has 0 aliphatic heterocycles. The Bertz CT molecular complexity index is 491. The van der Waals surface area contributed by atoms with Crippen molar-refractivity contribution in [2.75, 3.05) is 6.61 Å². The van der Waals surface area contributed by atoms with Crippen molar-refractivity contribution in [3.8, 4) is 5.75 Å². The van der Waals surface area contributed by atoms with Gasteiger partial charge < -0.3 is 9.84 Å². The molecule has 94 valence electrons. The highest BCUT2D eigenvalue weighted by molar-refractivity contribution is 9.10. The molecular formula is C15H15BrO2. The lowest BCUT2D eigenvalue weighted by Gasteiger charge is -2.13. The first-order valence-electron chi connectivity index (χ1n) is 5.78. The van der Waals surface area contributed by atoms with Crippen molar-refractivity contribution >= 4 is 15.9 Å². The van der Waals surface area contributed by atoms with Crippen LogP contribution in [0.5, 0.6) is 5.75 Å². The van der Waals surface area contributed by atoms with Crippen LogP contribution >= 0.6 is 15.9 Å². The van der Waals surface area contributed by atoms with Crippen LogP contribution in [0.2, 0.25) is 0 Å². The highest BCUT2D eigenvalue weighted by Crippen LogP contribution is 2.19. The van der Waals surface area contributed by atoms with Crippen molar-refractivity contribution in [2.24, 2.45) is 0 Å². The molecule has 18 heavy (non-hydrogen) atoms. The molecule has 1 unspecified atom stereocenters. The first-order valence-corrected chi connectivity index (χ1v) is 6.57. The summed E-state index contributed by atoms with van der Waals surface area (Å²) in [7, 11) is 0. The zero-order chi connectivity index (χ0) is 13.0. The van der Waals surface area contributed by atoms with Crippen LogP contribution in [-0.4, -0.2) is 11.7 Å². The molecule has 3 heteroatoms. The largest absolute Gasteiger partial charge is 0.491 e. The van der Waals surface area contributed by atoms with E-state index in [9.17, 15) is 5.11 Å². The molecule has 0 saturated carbocycles. The van der Waals surface area contributed by atoms with Crippen LogP contribution in [0.3, 0.4) is 0 Å². The predicted molar refractivity (Wildman–Crippen MR) is 75.8 cm³/mol. The summed E-state index contributed by atoms with van der Waals surface area (Å²) in [6, 6.07) is 15.4. The quantitative estimate of drug-likeness (QED) is 0.929. The Balaban J connectivity index is 1.93. The van der Waals surface area contributed by atoms with E-state index in [2.05, 4.69) is 15.9 Å². The van der Waals surface area contributed by atoms with Gasteiger partial charge >= 0.3 is 0 Å². The summed E-state index contributed by atoms with van der Waals surface area (Å²) in [4.78, 5) is 0. The van der Waals surface area contributed by atoms with Gasteiger partial charge in [0.2, 0.25) is 0 Å². The lowest BCUT2D eigenvalue weighted by molar-refractivity contribution is 0.108. The average Bonchev–Trinajstić information content (AvgIpc) is 2.38. The maximum atomic E-state index is 9.99. The maximum absolute atomic E-state index is 9.99. The van der Waals surface area contributed by atoms with Gasteiger partial charge in [-0.2, -0.15) is 0 Å². The van der Waals surface area contributed by atoms with Crippen molar-refractivity contribution in [3.63, 3.8) is 0 Å². The van der Waals surface area contributed by atoms with E-state index in [1.54, 1.807) is 0 Å². The van der Waals surface area contributed by atoms with Gasteiger partial charge in [0.25, 0.3) is 0 Å². The third kappa shape index (κ3) is 3.59. The summed E-state index contributed by atoms with van der Waals surface area (Å²) in [5.41, 5.74) is 2.04. The van der Waals surface area contributed by atoms with Crippen LogP contribution in [0.15, 0.2) is 53.0 Å². The molecule has 0 saturated heterocycles. The van der Waals surface area contributed by atoms with Gasteiger partial charge in [-0.05, 0) is 36.8 Å². The number of aliphatic hydroxyl groups excluding tert-OH is 1. The normalized spacial score (nSPS) is 12.2. The van der Waals surface area contributed by atoms with E-state index in [-0.39, 0.29) is 6.61 Å². The fourth-order valence-corrected chi connectivity index (χ4v) is 1.86. The number of hydrogen-bond donors (Lipinski definition) is 1. The average molecular weight is 307 g/mol. The standard InChI is InChI=1S/C15H15BrO2/c1-11-2-8-14(9-3-11)18-10-15(17)12-4-6-13(16)7-5-12/h2-9,15,17H,10H2,1H3. The fraction of sp³-hybridized carbons (Fsp3) is 0.200. The van der Waals surface area contributed by atoms with Gasteiger partial charge in [-0.15, -0.1) is 0 Å². The summed E-state index contributed by atoms with van der Waals surface area (Å²) in [5, 5.41) is 9.99. The van der Waals surface area contributed by atoms with E-state index in [1.807, 2.05) is 55.5 Å². The van der Waals surface area contributed by atoms with E-state index in [4.69, 9.17) is 4.74 Å². The van der Waals surface area contributed by atoms with Gasteiger partial charge in [-0.25, -0.2) is 0 Å². The minimum atomic E-state index is -0.612. The molecule has 2 nitrogen and oxygen atoms in total. The van der Waals surface area contributed by atoms with Crippen molar-refractivity contribution in [2.45, 2.75) is 13.0 Å². The van der Waals surface area contributed by atoms with Crippen molar-refractivity contribution < 1.29 is 9.84 Å². The minimum absolute atomic E-state index is 0.255. The Hall–Kier alpha value is -1.32. The molecule has 0 radical (unpaired) electrons. The monoisotopic (exact) mass is 306 g/mol. The molecule has 0 amide bonds. The van der Waals surface area contributed by atoms with E-state index < -0.39 is 6.10 Å². The number of aryl methyl sites for hydroxylation is 1. The fourth-order valence-electron chi connectivity index (χ4n) is 1.59. The number of benzene rings is 2. The maximum Gasteiger partial charge on any atom is 0.119 e. The van der Waals surface area contributed by atoms with Crippen LogP contribution in [-0.2, 0) is 0 Å².